The van der Waals surface area contributed by atoms with Gasteiger partial charge in [-0.25, -0.2) is 0 Å². The summed E-state index contributed by atoms with van der Waals surface area (Å²) in [4.78, 5) is 28.0. The molecule has 1 heterocycles. The van der Waals surface area contributed by atoms with Gasteiger partial charge in [-0.05, 0) is 67.9 Å². The van der Waals surface area contributed by atoms with Crippen molar-refractivity contribution in [2.24, 2.45) is 0 Å². The summed E-state index contributed by atoms with van der Waals surface area (Å²) >= 11 is 0. The number of aromatic nitrogens is 1. The summed E-state index contributed by atoms with van der Waals surface area (Å²) in [5.74, 6) is -0.415. The highest BCUT2D eigenvalue weighted by molar-refractivity contribution is 5.71. The van der Waals surface area contributed by atoms with Crippen LogP contribution in [-0.2, 0) is 31.9 Å². The molecule has 2 rings (SSSR count). The van der Waals surface area contributed by atoms with Crippen molar-refractivity contribution < 1.29 is 19.1 Å². The average Bonchev–Trinajstić information content (AvgIpc) is 2.65. The smallest absolute Gasteiger partial charge is 0.306 e. The molecule has 0 spiro atoms. The van der Waals surface area contributed by atoms with Crippen molar-refractivity contribution in [3.8, 4) is 0 Å². The van der Waals surface area contributed by atoms with Gasteiger partial charge in [0, 0.05) is 18.8 Å². The van der Waals surface area contributed by atoms with Crippen LogP contribution >= 0.6 is 0 Å². The molecule has 0 bridgehead atoms. The number of aryl methyl sites for hydroxylation is 1. The molecule has 2 aromatic rings. The van der Waals surface area contributed by atoms with Crippen molar-refractivity contribution in [3.63, 3.8) is 0 Å². The van der Waals surface area contributed by atoms with Gasteiger partial charge in [-0.2, -0.15) is 0 Å². The van der Waals surface area contributed by atoms with Crippen LogP contribution in [0.4, 0.5) is 0 Å². The molecule has 1 aromatic carbocycles. The number of methoxy groups -OCH3 is 1. The minimum absolute atomic E-state index is 0.0246. The number of hydrogen-bond donors (Lipinski definition) is 0. The monoisotopic (exact) mass is 397 g/mol. The van der Waals surface area contributed by atoms with E-state index in [-0.39, 0.29) is 17.9 Å². The highest BCUT2D eigenvalue weighted by atomic mass is 16.6. The van der Waals surface area contributed by atoms with Gasteiger partial charge in [0.25, 0.3) is 0 Å². The molecule has 0 saturated carbocycles. The first kappa shape index (κ1) is 22.6. The SMILES string of the molecule is COC(=O)CC(C)c1cc(CCC(=O)OC(C)(C)C)cc(Cc2cccnc2)c1. The summed E-state index contributed by atoms with van der Waals surface area (Å²) in [6, 6.07) is 10.3. The second-order valence-electron chi connectivity index (χ2n) is 8.39. The second kappa shape index (κ2) is 10.2. The molecule has 0 fully saturated rings. The third-order valence-electron chi connectivity index (χ3n) is 4.51. The Morgan fingerprint density at radius 2 is 1.79 bits per heavy atom. The van der Waals surface area contributed by atoms with Gasteiger partial charge in [-0.15, -0.1) is 0 Å². The van der Waals surface area contributed by atoms with Crippen LogP contribution in [0.5, 0.6) is 0 Å². The third kappa shape index (κ3) is 8.06. The first-order chi connectivity index (χ1) is 13.7. The fourth-order valence-corrected chi connectivity index (χ4v) is 3.15. The Morgan fingerprint density at radius 3 is 2.41 bits per heavy atom. The molecule has 0 aliphatic rings. The topological polar surface area (TPSA) is 65.5 Å². The van der Waals surface area contributed by atoms with E-state index in [1.165, 1.54) is 7.11 Å². The van der Waals surface area contributed by atoms with E-state index >= 15 is 0 Å². The molecule has 156 valence electrons. The number of rotatable bonds is 8. The Morgan fingerprint density at radius 1 is 1.07 bits per heavy atom. The standard InChI is InChI=1S/C24H31NO4/c1-17(11-23(27)28-5)21-14-18(8-9-22(26)29-24(2,3)4)12-20(15-21)13-19-7-6-10-25-16-19/h6-7,10,12,14-17H,8-9,11,13H2,1-5H3. The van der Waals surface area contributed by atoms with Crippen LogP contribution < -0.4 is 0 Å². The van der Waals surface area contributed by atoms with E-state index in [2.05, 4.69) is 23.2 Å². The molecule has 0 N–H and O–H groups in total. The van der Waals surface area contributed by atoms with Gasteiger partial charge in [0.15, 0.2) is 0 Å². The largest absolute Gasteiger partial charge is 0.469 e. The zero-order valence-electron chi connectivity index (χ0n) is 18.0. The minimum atomic E-state index is -0.487. The number of carbonyl (C=O) groups excluding carboxylic acids is 2. The van der Waals surface area contributed by atoms with Crippen molar-refractivity contribution >= 4 is 11.9 Å². The van der Waals surface area contributed by atoms with Crippen molar-refractivity contribution in [3.05, 3.63) is 65.0 Å². The third-order valence-corrected chi connectivity index (χ3v) is 4.51. The lowest BCUT2D eigenvalue weighted by atomic mass is 9.91. The van der Waals surface area contributed by atoms with Gasteiger partial charge in [0.05, 0.1) is 13.5 Å². The first-order valence-electron chi connectivity index (χ1n) is 9.96. The number of nitrogens with zero attached hydrogens (tertiary/aromatic N) is 1. The van der Waals surface area contributed by atoms with Crippen molar-refractivity contribution in [1.82, 2.24) is 4.98 Å². The molecule has 29 heavy (non-hydrogen) atoms. The summed E-state index contributed by atoms with van der Waals surface area (Å²) in [6.45, 7) is 7.61. The molecule has 1 unspecified atom stereocenters. The van der Waals surface area contributed by atoms with Crippen LogP contribution in [0.1, 0.15) is 68.7 Å². The Hall–Kier alpha value is -2.69. The van der Waals surface area contributed by atoms with Gasteiger partial charge in [0.1, 0.15) is 5.60 Å². The van der Waals surface area contributed by atoms with Gasteiger partial charge < -0.3 is 9.47 Å². The lowest BCUT2D eigenvalue weighted by molar-refractivity contribution is -0.154. The Kier molecular flexibility index (Phi) is 7.94. The van der Waals surface area contributed by atoms with Crippen LogP contribution in [0.3, 0.4) is 0 Å². The lowest BCUT2D eigenvalue weighted by Crippen LogP contribution is -2.24. The fourth-order valence-electron chi connectivity index (χ4n) is 3.15. The summed E-state index contributed by atoms with van der Waals surface area (Å²) in [5.41, 5.74) is 3.88. The molecule has 0 aliphatic carbocycles. The van der Waals surface area contributed by atoms with Crippen molar-refractivity contribution in [1.29, 1.82) is 0 Å². The lowest BCUT2D eigenvalue weighted by Gasteiger charge is -2.19. The molecule has 5 heteroatoms. The van der Waals surface area contributed by atoms with E-state index in [1.807, 2.05) is 46.0 Å². The molecule has 0 saturated heterocycles. The van der Waals surface area contributed by atoms with E-state index in [0.29, 0.717) is 19.3 Å². The number of hydrogen-bond acceptors (Lipinski definition) is 5. The second-order valence-corrected chi connectivity index (χ2v) is 8.39. The quantitative estimate of drug-likeness (QED) is 0.609. The minimum Gasteiger partial charge on any atom is -0.469 e. The van der Waals surface area contributed by atoms with Crippen LogP contribution in [0.25, 0.3) is 0 Å². The molecule has 0 radical (unpaired) electrons. The molecule has 0 amide bonds. The summed E-state index contributed by atoms with van der Waals surface area (Å²) in [6.07, 6.45) is 5.58. The Bertz CT molecular complexity index is 825. The van der Waals surface area contributed by atoms with Crippen molar-refractivity contribution in [2.75, 3.05) is 7.11 Å². The maximum atomic E-state index is 12.1. The zero-order chi connectivity index (χ0) is 21.4. The molecule has 1 atom stereocenters. The summed E-state index contributed by atoms with van der Waals surface area (Å²) in [5, 5.41) is 0. The zero-order valence-corrected chi connectivity index (χ0v) is 18.0. The number of ether oxygens (including phenoxy) is 2. The highest BCUT2D eigenvalue weighted by Gasteiger charge is 2.17. The van der Waals surface area contributed by atoms with E-state index < -0.39 is 5.60 Å². The van der Waals surface area contributed by atoms with Gasteiger partial charge in [-0.1, -0.05) is 31.2 Å². The first-order valence-corrected chi connectivity index (χ1v) is 9.96. The number of benzene rings is 1. The number of carbonyl (C=O) groups is 2. The predicted molar refractivity (Wildman–Crippen MR) is 113 cm³/mol. The van der Waals surface area contributed by atoms with E-state index in [4.69, 9.17) is 9.47 Å². The molecular formula is C24H31NO4. The van der Waals surface area contributed by atoms with Gasteiger partial charge >= 0.3 is 11.9 Å². The van der Waals surface area contributed by atoms with Crippen LogP contribution in [0, 0.1) is 0 Å². The Labute approximate surface area is 173 Å². The Balaban J connectivity index is 2.21. The fraction of sp³-hybridized carbons (Fsp3) is 0.458. The van der Waals surface area contributed by atoms with E-state index in [9.17, 15) is 9.59 Å². The average molecular weight is 398 g/mol. The predicted octanol–water partition coefficient (Wildman–Crippen LogP) is 4.61. The normalized spacial score (nSPS) is 12.3. The van der Waals surface area contributed by atoms with E-state index in [0.717, 1.165) is 28.7 Å². The summed E-state index contributed by atoms with van der Waals surface area (Å²) < 4.78 is 10.2. The maximum Gasteiger partial charge on any atom is 0.306 e. The molecular weight excluding hydrogens is 366 g/mol. The molecule has 5 nitrogen and oxygen atoms in total. The maximum absolute atomic E-state index is 12.1. The van der Waals surface area contributed by atoms with E-state index in [1.54, 1.807) is 6.20 Å². The van der Waals surface area contributed by atoms with Crippen LogP contribution in [-0.4, -0.2) is 29.6 Å². The number of esters is 2. The molecule has 0 aliphatic heterocycles. The van der Waals surface area contributed by atoms with Crippen LogP contribution in [0.2, 0.25) is 0 Å². The number of pyridine rings is 1. The summed E-state index contributed by atoms with van der Waals surface area (Å²) in [7, 11) is 1.40. The van der Waals surface area contributed by atoms with Crippen molar-refractivity contribution in [2.45, 2.75) is 64.9 Å². The van der Waals surface area contributed by atoms with Crippen LogP contribution in [0.15, 0.2) is 42.7 Å². The molecule has 1 aromatic heterocycles. The van der Waals surface area contributed by atoms with Gasteiger partial charge in [0.2, 0.25) is 0 Å². The van der Waals surface area contributed by atoms with Gasteiger partial charge in [-0.3, -0.25) is 14.6 Å². The highest BCUT2D eigenvalue weighted by Crippen LogP contribution is 2.25.